The average Bonchev–Trinajstić information content (AvgIpc) is 2.67. The Labute approximate surface area is 156 Å². The quantitative estimate of drug-likeness (QED) is 0.539. The minimum Gasteiger partial charge on any atom is -0.326 e. The Balaban J connectivity index is 1.83. The molecule has 0 unspecified atom stereocenters. The number of fused-ring (bicyclic) bond motifs is 1. The van der Waals surface area contributed by atoms with E-state index in [1.165, 1.54) is 6.92 Å². The number of nitriles is 1. The van der Waals surface area contributed by atoms with Gasteiger partial charge in [-0.25, -0.2) is 0 Å². The molecule has 0 saturated heterocycles. The number of benzene rings is 3. The highest BCUT2D eigenvalue weighted by Crippen LogP contribution is 2.21. The van der Waals surface area contributed by atoms with E-state index in [-0.39, 0.29) is 11.5 Å². The van der Waals surface area contributed by atoms with E-state index in [2.05, 4.69) is 10.6 Å². The van der Waals surface area contributed by atoms with Crippen LogP contribution in [0.1, 0.15) is 12.5 Å². The van der Waals surface area contributed by atoms with Crippen molar-refractivity contribution in [2.75, 3.05) is 10.6 Å². The number of nitrogens with zero attached hydrogens (tertiary/aromatic N) is 1. The number of amides is 2. The fraction of sp³-hybridized carbons (Fsp3) is 0.0455. The van der Waals surface area contributed by atoms with Crippen molar-refractivity contribution < 1.29 is 9.59 Å². The summed E-state index contributed by atoms with van der Waals surface area (Å²) in [5.74, 6) is -0.658. The highest BCUT2D eigenvalue weighted by Gasteiger charge is 2.10. The zero-order valence-electron chi connectivity index (χ0n) is 14.7. The maximum atomic E-state index is 12.5. The molecule has 3 aromatic rings. The largest absolute Gasteiger partial charge is 0.326 e. The lowest BCUT2D eigenvalue weighted by Crippen LogP contribution is -2.13. The fourth-order valence-corrected chi connectivity index (χ4v) is 2.72. The van der Waals surface area contributed by atoms with Crippen LogP contribution in [0.4, 0.5) is 11.4 Å². The first kappa shape index (κ1) is 17.9. The Bertz CT molecular complexity index is 1070. The first-order valence-electron chi connectivity index (χ1n) is 8.35. The summed E-state index contributed by atoms with van der Waals surface area (Å²) in [7, 11) is 0. The third kappa shape index (κ3) is 4.39. The molecule has 0 atom stereocenters. The summed E-state index contributed by atoms with van der Waals surface area (Å²) < 4.78 is 0. The van der Waals surface area contributed by atoms with Crippen LogP contribution < -0.4 is 10.6 Å². The molecule has 0 heterocycles. The number of hydrogen-bond acceptors (Lipinski definition) is 3. The lowest BCUT2D eigenvalue weighted by atomic mass is 10.0. The van der Waals surface area contributed by atoms with E-state index in [0.29, 0.717) is 11.4 Å². The topological polar surface area (TPSA) is 82.0 Å². The number of anilines is 2. The molecule has 132 valence electrons. The number of rotatable bonds is 4. The lowest BCUT2D eigenvalue weighted by molar-refractivity contribution is -0.114. The zero-order chi connectivity index (χ0) is 19.2. The normalized spacial score (nSPS) is 10.9. The SMILES string of the molecule is CC(=O)Nc1ccc(NC(=O)/C(C#N)=C/c2cccc3ccccc23)cc1. The van der Waals surface area contributed by atoms with Gasteiger partial charge >= 0.3 is 0 Å². The van der Waals surface area contributed by atoms with Gasteiger partial charge in [-0.2, -0.15) is 5.26 Å². The summed E-state index contributed by atoms with van der Waals surface area (Å²) in [4.78, 5) is 23.5. The molecule has 0 aliphatic carbocycles. The first-order valence-corrected chi connectivity index (χ1v) is 8.35. The van der Waals surface area contributed by atoms with Gasteiger partial charge in [-0.05, 0) is 46.7 Å². The highest BCUT2D eigenvalue weighted by atomic mass is 16.2. The van der Waals surface area contributed by atoms with Gasteiger partial charge in [-0.15, -0.1) is 0 Å². The van der Waals surface area contributed by atoms with Crippen LogP contribution in [0, 0.1) is 11.3 Å². The first-order chi connectivity index (χ1) is 13.1. The second kappa shape index (κ2) is 7.98. The molecule has 0 fully saturated rings. The van der Waals surface area contributed by atoms with Gasteiger partial charge in [0.1, 0.15) is 11.6 Å². The summed E-state index contributed by atoms with van der Waals surface area (Å²) in [5, 5.41) is 16.8. The maximum Gasteiger partial charge on any atom is 0.266 e. The molecule has 3 aromatic carbocycles. The standard InChI is InChI=1S/C22H17N3O2/c1-15(26)24-19-9-11-20(12-10-19)25-22(27)18(14-23)13-17-7-4-6-16-5-2-3-8-21(16)17/h2-13H,1H3,(H,24,26)(H,25,27)/b18-13+. The van der Waals surface area contributed by atoms with Gasteiger partial charge in [-0.1, -0.05) is 42.5 Å². The van der Waals surface area contributed by atoms with E-state index in [1.54, 1.807) is 30.3 Å². The number of nitrogens with one attached hydrogen (secondary N) is 2. The molecule has 2 N–H and O–H groups in total. The van der Waals surface area contributed by atoms with Crippen molar-refractivity contribution >= 4 is 40.0 Å². The molecule has 0 aliphatic rings. The van der Waals surface area contributed by atoms with Crippen LogP contribution in [0.5, 0.6) is 0 Å². The van der Waals surface area contributed by atoms with Gasteiger partial charge in [0.05, 0.1) is 0 Å². The number of carbonyl (C=O) groups excluding carboxylic acids is 2. The van der Waals surface area contributed by atoms with Crippen molar-refractivity contribution in [1.82, 2.24) is 0 Å². The third-order valence-corrected chi connectivity index (χ3v) is 3.95. The molecular formula is C22H17N3O2. The van der Waals surface area contributed by atoms with Gasteiger partial charge in [0.15, 0.2) is 0 Å². The summed E-state index contributed by atoms with van der Waals surface area (Å²) in [6, 6.07) is 22.2. The van der Waals surface area contributed by atoms with Crippen LogP contribution in [0.25, 0.3) is 16.8 Å². The molecule has 3 rings (SSSR count). The molecule has 5 heteroatoms. The van der Waals surface area contributed by atoms with Crippen LogP contribution in [0.15, 0.2) is 72.3 Å². The van der Waals surface area contributed by atoms with Gasteiger partial charge in [0.2, 0.25) is 5.91 Å². The molecule has 0 radical (unpaired) electrons. The molecule has 27 heavy (non-hydrogen) atoms. The zero-order valence-corrected chi connectivity index (χ0v) is 14.7. The predicted molar refractivity (Wildman–Crippen MR) is 107 cm³/mol. The van der Waals surface area contributed by atoms with Crippen molar-refractivity contribution in [2.45, 2.75) is 6.92 Å². The van der Waals surface area contributed by atoms with Gasteiger partial charge < -0.3 is 10.6 Å². The predicted octanol–water partition coefficient (Wildman–Crippen LogP) is 4.34. The van der Waals surface area contributed by atoms with Crippen LogP contribution >= 0.6 is 0 Å². The number of carbonyl (C=O) groups is 2. The average molecular weight is 355 g/mol. The Morgan fingerprint density at radius 3 is 2.19 bits per heavy atom. The molecule has 0 aromatic heterocycles. The van der Waals surface area contributed by atoms with Gasteiger partial charge in [-0.3, -0.25) is 9.59 Å². The van der Waals surface area contributed by atoms with Crippen molar-refractivity contribution in [3.05, 3.63) is 77.9 Å². The maximum absolute atomic E-state index is 12.5. The van der Waals surface area contributed by atoms with E-state index in [4.69, 9.17) is 0 Å². The van der Waals surface area contributed by atoms with Crippen LogP contribution in [-0.2, 0) is 9.59 Å². The third-order valence-electron chi connectivity index (χ3n) is 3.95. The highest BCUT2D eigenvalue weighted by molar-refractivity contribution is 6.10. The van der Waals surface area contributed by atoms with Crippen molar-refractivity contribution in [3.63, 3.8) is 0 Å². The molecule has 0 saturated carbocycles. The monoisotopic (exact) mass is 355 g/mol. The lowest BCUT2D eigenvalue weighted by Gasteiger charge is -2.07. The van der Waals surface area contributed by atoms with E-state index < -0.39 is 5.91 Å². The van der Waals surface area contributed by atoms with E-state index >= 15 is 0 Å². The molecule has 0 aliphatic heterocycles. The summed E-state index contributed by atoms with van der Waals surface area (Å²) in [5.41, 5.74) is 1.98. The fourth-order valence-electron chi connectivity index (χ4n) is 2.72. The van der Waals surface area contributed by atoms with E-state index in [0.717, 1.165) is 16.3 Å². The van der Waals surface area contributed by atoms with E-state index in [1.807, 2.05) is 48.5 Å². The second-order valence-electron chi connectivity index (χ2n) is 5.95. The van der Waals surface area contributed by atoms with Crippen LogP contribution in [-0.4, -0.2) is 11.8 Å². The van der Waals surface area contributed by atoms with Crippen molar-refractivity contribution in [2.24, 2.45) is 0 Å². The molecule has 5 nitrogen and oxygen atoms in total. The Hall–Kier alpha value is -3.91. The Morgan fingerprint density at radius 1 is 0.889 bits per heavy atom. The van der Waals surface area contributed by atoms with Crippen LogP contribution in [0.2, 0.25) is 0 Å². The van der Waals surface area contributed by atoms with E-state index in [9.17, 15) is 14.9 Å². The Kier molecular flexibility index (Phi) is 5.29. The minimum atomic E-state index is -0.488. The summed E-state index contributed by atoms with van der Waals surface area (Å²) in [6.07, 6.45) is 1.59. The summed E-state index contributed by atoms with van der Waals surface area (Å²) >= 11 is 0. The van der Waals surface area contributed by atoms with Crippen LogP contribution in [0.3, 0.4) is 0 Å². The summed E-state index contributed by atoms with van der Waals surface area (Å²) in [6.45, 7) is 1.42. The number of hydrogen-bond donors (Lipinski definition) is 2. The Morgan fingerprint density at radius 2 is 1.52 bits per heavy atom. The molecular weight excluding hydrogens is 338 g/mol. The van der Waals surface area contributed by atoms with Crippen molar-refractivity contribution in [1.29, 1.82) is 5.26 Å². The molecule has 0 bridgehead atoms. The molecule has 2 amide bonds. The second-order valence-corrected chi connectivity index (χ2v) is 5.95. The minimum absolute atomic E-state index is 0.0114. The van der Waals surface area contributed by atoms with Gasteiger partial charge in [0.25, 0.3) is 5.91 Å². The smallest absolute Gasteiger partial charge is 0.266 e. The molecule has 0 spiro atoms. The van der Waals surface area contributed by atoms with Crippen molar-refractivity contribution in [3.8, 4) is 6.07 Å². The van der Waals surface area contributed by atoms with Gasteiger partial charge in [0, 0.05) is 18.3 Å².